The second kappa shape index (κ2) is 6.47. The number of hydrogen-bond donors (Lipinski definition) is 1. The van der Waals surface area contributed by atoms with Gasteiger partial charge < -0.3 is 18.9 Å². The lowest BCUT2D eigenvalue weighted by atomic mass is 9.96. The molecule has 0 aliphatic carbocycles. The molecule has 1 rings (SSSR count). The maximum atomic E-state index is 12.0. The van der Waals surface area contributed by atoms with Crippen LogP contribution in [-0.2, 0) is 13.7 Å². The zero-order valence-electron chi connectivity index (χ0n) is 11.7. The predicted molar refractivity (Wildman–Crippen MR) is 71.9 cm³/mol. The second-order valence-electron chi connectivity index (χ2n) is 5.54. The Bertz CT molecular complexity index is 342. The van der Waals surface area contributed by atoms with Gasteiger partial charge in [0, 0.05) is 12.8 Å². The van der Waals surface area contributed by atoms with Gasteiger partial charge in [0.2, 0.25) is 0 Å². The van der Waals surface area contributed by atoms with E-state index in [1.54, 1.807) is 27.0 Å². The molecule has 0 spiro atoms. The molecular weight excluding hydrogens is 270 g/mol. The maximum Gasteiger partial charge on any atom is 0.410 e. The zero-order chi connectivity index (χ0) is 14.6. The van der Waals surface area contributed by atoms with Crippen LogP contribution in [-0.4, -0.2) is 53.1 Å². The zero-order valence-corrected chi connectivity index (χ0v) is 12.5. The van der Waals surface area contributed by atoms with Crippen molar-refractivity contribution in [2.24, 2.45) is 5.92 Å². The Morgan fingerprint density at radius 2 is 1.95 bits per heavy atom. The Hall–Kier alpha value is -0.950. The van der Waals surface area contributed by atoms with Crippen LogP contribution in [0.4, 0.5) is 4.79 Å². The third-order valence-electron chi connectivity index (χ3n) is 2.65. The first kappa shape index (κ1) is 16.1. The van der Waals surface area contributed by atoms with E-state index in [2.05, 4.69) is 0 Å². The number of carbonyl (C=O) groups excluding carboxylic acids is 1. The van der Waals surface area contributed by atoms with Gasteiger partial charge in [0.1, 0.15) is 5.60 Å². The van der Waals surface area contributed by atoms with Crippen LogP contribution in [0.25, 0.3) is 0 Å². The molecule has 0 bridgehead atoms. The number of carboxylic acids is 1. The normalized spacial score (nSPS) is 24.1. The molecule has 1 aliphatic rings. The molecule has 1 heterocycles. The van der Waals surface area contributed by atoms with Crippen molar-refractivity contribution in [1.29, 1.82) is 0 Å². The van der Waals surface area contributed by atoms with Crippen LogP contribution in [0.15, 0.2) is 0 Å². The molecule has 6 nitrogen and oxygen atoms in total. The Labute approximate surface area is 117 Å². The molecule has 1 amide bonds. The highest BCUT2D eigenvalue weighted by atomic mass is 32.2. The lowest BCUT2D eigenvalue weighted by molar-refractivity contribution is -0.144. The Morgan fingerprint density at radius 3 is 2.42 bits per heavy atom. The van der Waals surface area contributed by atoms with Crippen molar-refractivity contribution < 1.29 is 23.6 Å². The number of piperidine rings is 1. The van der Waals surface area contributed by atoms with Gasteiger partial charge in [-0.15, -0.1) is 0 Å². The van der Waals surface area contributed by atoms with Crippen molar-refractivity contribution in [1.82, 2.24) is 4.90 Å². The number of rotatable bonds is 3. The summed E-state index contributed by atoms with van der Waals surface area (Å²) < 4.78 is 10.6. The smallest absolute Gasteiger partial charge is 0.410 e. The highest BCUT2D eigenvalue weighted by molar-refractivity contribution is 7.93. The fraction of sp³-hybridized carbons (Fsp3) is 0.833. The van der Waals surface area contributed by atoms with E-state index in [1.165, 1.54) is 16.9 Å². The topological polar surface area (TPSA) is 76.1 Å². The largest absolute Gasteiger partial charge is 0.481 e. The van der Waals surface area contributed by atoms with E-state index in [4.69, 9.17) is 14.0 Å². The van der Waals surface area contributed by atoms with Crippen molar-refractivity contribution >= 4 is 24.1 Å². The standard InChI is InChI=1S/C12H21NO5S/c1-12(2,3)17-11(16)13-6-8(10(14)15)5-9(7-13)18-19-4/h8-9H,5-7H2,1-4H3,(H,14,15). The number of likely N-dealkylation sites (tertiary alicyclic amines) is 1. The quantitative estimate of drug-likeness (QED) is 0.801. The number of aliphatic carboxylic acids is 1. The van der Waals surface area contributed by atoms with Crippen LogP contribution in [0.1, 0.15) is 27.2 Å². The highest BCUT2D eigenvalue weighted by Gasteiger charge is 2.36. The second-order valence-corrected chi connectivity index (χ2v) is 6.07. The third-order valence-corrected chi connectivity index (χ3v) is 3.11. The van der Waals surface area contributed by atoms with Gasteiger partial charge in [-0.3, -0.25) is 4.79 Å². The summed E-state index contributed by atoms with van der Waals surface area (Å²) in [6, 6.07) is 0. The molecule has 0 radical (unpaired) electrons. The van der Waals surface area contributed by atoms with Crippen molar-refractivity contribution in [2.75, 3.05) is 19.3 Å². The monoisotopic (exact) mass is 291 g/mol. The van der Waals surface area contributed by atoms with Gasteiger partial charge in [0.25, 0.3) is 0 Å². The summed E-state index contributed by atoms with van der Waals surface area (Å²) in [7, 11) is 0. The van der Waals surface area contributed by atoms with E-state index < -0.39 is 23.6 Å². The molecular formula is C12H21NO5S. The molecule has 2 atom stereocenters. The summed E-state index contributed by atoms with van der Waals surface area (Å²) >= 11 is 1.18. The summed E-state index contributed by atoms with van der Waals surface area (Å²) in [6.07, 6.45) is 1.41. The first-order valence-corrected chi connectivity index (χ1v) is 7.28. The van der Waals surface area contributed by atoms with Gasteiger partial charge in [0.05, 0.1) is 18.6 Å². The number of nitrogens with zero attached hydrogens (tertiary/aromatic N) is 1. The number of amides is 1. The van der Waals surface area contributed by atoms with Crippen LogP contribution in [0, 0.1) is 5.92 Å². The fourth-order valence-corrected chi connectivity index (χ4v) is 2.32. The van der Waals surface area contributed by atoms with Crippen molar-refractivity contribution in [3.8, 4) is 0 Å². The van der Waals surface area contributed by atoms with Gasteiger partial charge in [-0.1, -0.05) is 0 Å². The van der Waals surface area contributed by atoms with Crippen LogP contribution < -0.4 is 0 Å². The molecule has 0 saturated carbocycles. The Kier molecular flexibility index (Phi) is 5.49. The molecule has 19 heavy (non-hydrogen) atoms. The summed E-state index contributed by atoms with van der Waals surface area (Å²) in [6.45, 7) is 5.86. The molecule has 1 aliphatic heterocycles. The lowest BCUT2D eigenvalue weighted by Crippen LogP contribution is -2.50. The van der Waals surface area contributed by atoms with Crippen LogP contribution in [0.3, 0.4) is 0 Å². The maximum absolute atomic E-state index is 12.0. The van der Waals surface area contributed by atoms with Crippen molar-refractivity contribution in [3.63, 3.8) is 0 Å². The van der Waals surface area contributed by atoms with E-state index in [0.29, 0.717) is 13.0 Å². The predicted octanol–water partition coefficient (Wildman–Crippen LogP) is 1.99. The van der Waals surface area contributed by atoms with E-state index in [9.17, 15) is 9.59 Å². The summed E-state index contributed by atoms with van der Waals surface area (Å²) in [5.74, 6) is -1.53. The van der Waals surface area contributed by atoms with Crippen molar-refractivity contribution in [3.05, 3.63) is 0 Å². The molecule has 1 fully saturated rings. The van der Waals surface area contributed by atoms with Crippen LogP contribution in [0.5, 0.6) is 0 Å². The molecule has 0 aromatic rings. The molecule has 1 saturated heterocycles. The number of ether oxygens (including phenoxy) is 1. The Morgan fingerprint density at radius 1 is 1.32 bits per heavy atom. The molecule has 1 N–H and O–H groups in total. The van der Waals surface area contributed by atoms with Crippen LogP contribution in [0.2, 0.25) is 0 Å². The third kappa shape index (κ3) is 5.28. The average Bonchev–Trinajstić information content (AvgIpc) is 2.26. The fourth-order valence-electron chi connectivity index (χ4n) is 1.91. The summed E-state index contributed by atoms with van der Waals surface area (Å²) in [4.78, 5) is 24.5. The number of carbonyl (C=O) groups is 2. The SMILES string of the molecule is CSOC1CC(C(=O)O)CN(C(=O)OC(C)(C)C)C1. The van der Waals surface area contributed by atoms with Crippen LogP contribution >= 0.6 is 12.0 Å². The van der Waals surface area contributed by atoms with Gasteiger partial charge in [0.15, 0.2) is 0 Å². The molecule has 110 valence electrons. The van der Waals surface area contributed by atoms with Gasteiger partial charge >= 0.3 is 12.1 Å². The highest BCUT2D eigenvalue weighted by Crippen LogP contribution is 2.23. The van der Waals surface area contributed by atoms with E-state index >= 15 is 0 Å². The first-order chi connectivity index (χ1) is 8.73. The van der Waals surface area contributed by atoms with Crippen molar-refractivity contribution in [2.45, 2.75) is 38.9 Å². The number of carboxylic acid groups (broad SMARTS) is 1. The minimum Gasteiger partial charge on any atom is -0.481 e. The Balaban J connectivity index is 2.70. The minimum absolute atomic E-state index is 0.165. The van der Waals surface area contributed by atoms with E-state index in [-0.39, 0.29) is 12.6 Å². The molecule has 0 aromatic carbocycles. The molecule has 7 heteroatoms. The minimum atomic E-state index is -0.914. The first-order valence-electron chi connectivity index (χ1n) is 6.13. The van der Waals surface area contributed by atoms with E-state index in [1.807, 2.05) is 0 Å². The summed E-state index contributed by atoms with van der Waals surface area (Å²) in [5.41, 5.74) is -0.594. The van der Waals surface area contributed by atoms with Gasteiger partial charge in [-0.05, 0) is 39.2 Å². The van der Waals surface area contributed by atoms with E-state index in [0.717, 1.165) is 0 Å². The molecule has 0 aromatic heterocycles. The summed E-state index contributed by atoms with van der Waals surface area (Å²) in [5, 5.41) is 9.12. The molecule has 2 unspecified atom stereocenters. The van der Waals surface area contributed by atoms with Gasteiger partial charge in [-0.2, -0.15) is 0 Å². The lowest BCUT2D eigenvalue weighted by Gasteiger charge is -2.36. The number of hydrogen-bond acceptors (Lipinski definition) is 5. The average molecular weight is 291 g/mol. The van der Waals surface area contributed by atoms with Gasteiger partial charge in [-0.25, -0.2) is 4.79 Å².